The molecule has 0 fully saturated rings. The highest BCUT2D eigenvalue weighted by molar-refractivity contribution is 7.27. The summed E-state index contributed by atoms with van der Waals surface area (Å²) in [7, 11) is 2.46. The van der Waals surface area contributed by atoms with Crippen LogP contribution in [0.15, 0.2) is 18.2 Å². The van der Waals surface area contributed by atoms with Crippen molar-refractivity contribution in [3.05, 3.63) is 29.6 Å². The molecule has 0 bridgehead atoms. The van der Waals surface area contributed by atoms with Crippen LogP contribution in [0, 0.1) is 12.7 Å². The van der Waals surface area contributed by atoms with Crippen LogP contribution in [0.25, 0.3) is 0 Å². The van der Waals surface area contributed by atoms with Gasteiger partial charge < -0.3 is 0 Å². The molecule has 0 aliphatic heterocycles. The average Bonchev–Trinajstić information content (AvgIpc) is 1.88. The molecule has 0 N–H and O–H groups in total. The van der Waals surface area contributed by atoms with Gasteiger partial charge in [-0.15, -0.1) is 9.24 Å². The van der Waals surface area contributed by atoms with Crippen molar-refractivity contribution < 1.29 is 4.39 Å². The first kappa shape index (κ1) is 10.6. The van der Waals surface area contributed by atoms with Gasteiger partial charge in [0.2, 0.25) is 0 Å². The lowest BCUT2D eigenvalue weighted by Gasteiger charge is -1.94. The molecule has 1 aromatic carbocycles. The van der Waals surface area contributed by atoms with Crippen molar-refractivity contribution in [1.29, 1.82) is 0 Å². The molecular weight excluding hydrogens is 158 g/mol. The Kier molecular flexibility index (Phi) is 5.06. The second-order valence-electron chi connectivity index (χ2n) is 2.06. The summed E-state index contributed by atoms with van der Waals surface area (Å²) in [6.07, 6.45) is 0. The van der Waals surface area contributed by atoms with Gasteiger partial charge in [0, 0.05) is 0 Å². The summed E-state index contributed by atoms with van der Waals surface area (Å²) in [6.45, 7) is 5.87. The summed E-state index contributed by atoms with van der Waals surface area (Å²) in [4.78, 5) is 0. The molecule has 11 heavy (non-hydrogen) atoms. The van der Waals surface area contributed by atoms with Crippen LogP contribution in [0.5, 0.6) is 0 Å². The molecule has 1 unspecified atom stereocenters. The van der Waals surface area contributed by atoms with Crippen LogP contribution in [0.1, 0.15) is 19.4 Å². The van der Waals surface area contributed by atoms with Crippen molar-refractivity contribution in [2.75, 3.05) is 0 Å². The van der Waals surface area contributed by atoms with Crippen molar-refractivity contribution in [3.8, 4) is 0 Å². The molecule has 0 aliphatic rings. The Morgan fingerprint density at radius 3 is 2.09 bits per heavy atom. The molecule has 0 aromatic heterocycles. The molecule has 1 rings (SSSR count). The van der Waals surface area contributed by atoms with Gasteiger partial charge in [0.25, 0.3) is 0 Å². The standard InChI is InChI=1S/C7H8FP.C2H6/c1-5-2-6(8)4-7(9)3-5;1-2/h2-4H,9H2,1H3;1-2H3. The normalized spacial score (nSPS) is 8.45. The van der Waals surface area contributed by atoms with E-state index in [0.717, 1.165) is 10.9 Å². The van der Waals surface area contributed by atoms with Crippen molar-refractivity contribution >= 4 is 14.5 Å². The first-order chi connectivity index (χ1) is 5.18. The summed E-state index contributed by atoms with van der Waals surface area (Å²) in [5, 5.41) is 0.896. The predicted molar refractivity (Wildman–Crippen MR) is 51.8 cm³/mol. The molecular formula is C9H14FP. The number of hydrogen-bond acceptors (Lipinski definition) is 0. The van der Waals surface area contributed by atoms with Crippen molar-refractivity contribution in [1.82, 2.24) is 0 Å². The fraction of sp³-hybridized carbons (Fsp3) is 0.333. The third-order valence-electron chi connectivity index (χ3n) is 1.06. The van der Waals surface area contributed by atoms with E-state index >= 15 is 0 Å². The van der Waals surface area contributed by atoms with Crippen LogP contribution in [-0.4, -0.2) is 0 Å². The zero-order chi connectivity index (χ0) is 8.85. The molecule has 0 saturated heterocycles. The van der Waals surface area contributed by atoms with E-state index in [2.05, 4.69) is 9.24 Å². The SMILES string of the molecule is CC.Cc1cc(F)cc(P)c1. The highest BCUT2D eigenvalue weighted by Crippen LogP contribution is 2.01. The Morgan fingerprint density at radius 1 is 1.18 bits per heavy atom. The molecule has 1 aromatic rings. The zero-order valence-corrected chi connectivity index (χ0v) is 8.34. The van der Waals surface area contributed by atoms with Gasteiger partial charge in [-0.25, -0.2) is 4.39 Å². The lowest BCUT2D eigenvalue weighted by atomic mass is 10.2. The Balaban J connectivity index is 0.000000461. The van der Waals surface area contributed by atoms with Gasteiger partial charge in [-0.2, -0.15) is 0 Å². The van der Waals surface area contributed by atoms with Crippen LogP contribution in [0.2, 0.25) is 0 Å². The third-order valence-corrected chi connectivity index (χ3v) is 1.40. The van der Waals surface area contributed by atoms with E-state index in [1.807, 2.05) is 26.8 Å². The monoisotopic (exact) mass is 172 g/mol. The summed E-state index contributed by atoms with van der Waals surface area (Å²) >= 11 is 0. The second kappa shape index (κ2) is 5.26. The smallest absolute Gasteiger partial charge is 0.124 e. The molecule has 0 spiro atoms. The van der Waals surface area contributed by atoms with Crippen LogP contribution >= 0.6 is 9.24 Å². The molecule has 62 valence electrons. The maximum Gasteiger partial charge on any atom is 0.124 e. The summed E-state index contributed by atoms with van der Waals surface area (Å²) in [5.41, 5.74) is 0.958. The van der Waals surface area contributed by atoms with Gasteiger partial charge in [-0.3, -0.25) is 0 Å². The van der Waals surface area contributed by atoms with Gasteiger partial charge >= 0.3 is 0 Å². The van der Waals surface area contributed by atoms with Crippen LogP contribution in [-0.2, 0) is 0 Å². The number of hydrogen-bond donors (Lipinski definition) is 0. The number of rotatable bonds is 0. The molecule has 0 saturated carbocycles. The highest BCUT2D eigenvalue weighted by Gasteiger charge is 1.90. The van der Waals surface area contributed by atoms with Crippen molar-refractivity contribution in [2.24, 2.45) is 0 Å². The van der Waals surface area contributed by atoms with Gasteiger partial charge in [0.15, 0.2) is 0 Å². The lowest BCUT2D eigenvalue weighted by Crippen LogP contribution is -1.92. The number of aryl methyl sites for hydroxylation is 1. The predicted octanol–water partition coefficient (Wildman–Crippen LogP) is 2.66. The van der Waals surface area contributed by atoms with E-state index in [1.165, 1.54) is 12.1 Å². The van der Waals surface area contributed by atoms with Crippen LogP contribution < -0.4 is 5.30 Å². The molecule has 0 radical (unpaired) electrons. The Labute approximate surface area is 70.0 Å². The van der Waals surface area contributed by atoms with E-state index in [-0.39, 0.29) is 5.82 Å². The quantitative estimate of drug-likeness (QED) is 0.528. The van der Waals surface area contributed by atoms with E-state index in [0.29, 0.717) is 0 Å². The highest BCUT2D eigenvalue weighted by atomic mass is 31.0. The Morgan fingerprint density at radius 2 is 1.73 bits per heavy atom. The van der Waals surface area contributed by atoms with E-state index in [9.17, 15) is 4.39 Å². The van der Waals surface area contributed by atoms with E-state index in [4.69, 9.17) is 0 Å². The fourth-order valence-electron chi connectivity index (χ4n) is 0.765. The average molecular weight is 172 g/mol. The molecule has 0 heterocycles. The minimum atomic E-state index is -0.167. The first-order valence-corrected chi connectivity index (χ1v) is 4.29. The van der Waals surface area contributed by atoms with Crippen molar-refractivity contribution in [2.45, 2.75) is 20.8 Å². The Bertz CT molecular complexity index is 170. The first-order valence-electron chi connectivity index (χ1n) is 3.71. The molecule has 0 amide bonds. The van der Waals surface area contributed by atoms with Crippen LogP contribution in [0.3, 0.4) is 0 Å². The maximum atomic E-state index is 12.4. The summed E-state index contributed by atoms with van der Waals surface area (Å²) < 4.78 is 12.4. The second-order valence-corrected chi connectivity index (χ2v) is 2.73. The van der Waals surface area contributed by atoms with Gasteiger partial charge in [0.05, 0.1) is 0 Å². The molecule has 0 nitrogen and oxygen atoms in total. The fourth-order valence-corrected chi connectivity index (χ4v) is 1.19. The minimum absolute atomic E-state index is 0.167. The summed E-state index contributed by atoms with van der Waals surface area (Å²) in [6, 6.07) is 4.90. The topological polar surface area (TPSA) is 0 Å². The van der Waals surface area contributed by atoms with Crippen molar-refractivity contribution in [3.63, 3.8) is 0 Å². The molecule has 1 atom stereocenters. The van der Waals surface area contributed by atoms with Crippen LogP contribution in [0.4, 0.5) is 4.39 Å². The van der Waals surface area contributed by atoms with Gasteiger partial charge in [0.1, 0.15) is 5.82 Å². The zero-order valence-electron chi connectivity index (χ0n) is 7.19. The third kappa shape index (κ3) is 4.10. The molecule has 0 aliphatic carbocycles. The van der Waals surface area contributed by atoms with E-state index < -0.39 is 0 Å². The number of halogens is 1. The molecule has 2 heteroatoms. The minimum Gasteiger partial charge on any atom is -0.207 e. The van der Waals surface area contributed by atoms with Gasteiger partial charge in [-0.1, -0.05) is 19.9 Å². The Hall–Kier alpha value is -0.420. The lowest BCUT2D eigenvalue weighted by molar-refractivity contribution is 0.628. The van der Waals surface area contributed by atoms with E-state index in [1.54, 1.807) is 0 Å². The largest absolute Gasteiger partial charge is 0.207 e. The number of benzene rings is 1. The maximum absolute atomic E-state index is 12.4. The van der Waals surface area contributed by atoms with Gasteiger partial charge in [-0.05, 0) is 29.9 Å². The summed E-state index contributed by atoms with van der Waals surface area (Å²) in [5.74, 6) is -0.167.